The van der Waals surface area contributed by atoms with Crippen molar-refractivity contribution in [3.63, 3.8) is 0 Å². The summed E-state index contributed by atoms with van der Waals surface area (Å²) in [5.74, 6) is 0.939. The van der Waals surface area contributed by atoms with Gasteiger partial charge in [0.1, 0.15) is 18.1 Å². The van der Waals surface area contributed by atoms with Crippen molar-refractivity contribution in [3.05, 3.63) is 46.3 Å². The first-order valence-corrected chi connectivity index (χ1v) is 8.24. The summed E-state index contributed by atoms with van der Waals surface area (Å²) in [4.78, 5) is 12.3. The van der Waals surface area contributed by atoms with E-state index in [4.69, 9.17) is 25.6 Å². The minimum Gasteiger partial charge on any atom is -0.489 e. The fourth-order valence-corrected chi connectivity index (χ4v) is 2.65. The topological polar surface area (TPSA) is 73.6 Å². The molecule has 1 aromatic heterocycles. The van der Waals surface area contributed by atoms with E-state index in [0.717, 1.165) is 19.4 Å². The first-order chi connectivity index (χ1) is 11.6. The molecule has 3 rings (SSSR count). The molecule has 1 N–H and O–H groups in total. The Kier molecular flexibility index (Phi) is 5.37. The molecule has 1 amide bonds. The smallest absolute Gasteiger partial charge is 0.273 e. The number of hydrogen-bond acceptors (Lipinski definition) is 5. The standard InChI is InChI=1S/C17H19ClN2O4/c1-11-15(10-23-13-6-4-12(18)5-7-13)16(20-24-11)17(21)19-9-14-3-2-8-22-14/h4-7,14H,2-3,8-10H2,1H3,(H,19,21). The summed E-state index contributed by atoms with van der Waals surface area (Å²) in [5.41, 5.74) is 0.884. The van der Waals surface area contributed by atoms with Gasteiger partial charge in [0.15, 0.2) is 5.69 Å². The number of amides is 1. The molecule has 1 fully saturated rings. The number of benzene rings is 1. The summed E-state index contributed by atoms with van der Waals surface area (Å²) in [5, 5.41) is 7.34. The molecule has 1 aliphatic heterocycles. The van der Waals surface area contributed by atoms with Crippen molar-refractivity contribution in [1.29, 1.82) is 0 Å². The maximum Gasteiger partial charge on any atom is 0.273 e. The number of nitrogens with zero attached hydrogens (tertiary/aromatic N) is 1. The number of halogens is 1. The molecule has 0 aliphatic carbocycles. The third-order valence-corrected chi connectivity index (χ3v) is 4.16. The van der Waals surface area contributed by atoms with Crippen LogP contribution in [-0.4, -0.2) is 30.3 Å². The molecule has 7 heteroatoms. The predicted molar refractivity (Wildman–Crippen MR) is 88.3 cm³/mol. The Labute approximate surface area is 145 Å². The van der Waals surface area contributed by atoms with Gasteiger partial charge in [-0.3, -0.25) is 4.79 Å². The van der Waals surface area contributed by atoms with E-state index < -0.39 is 0 Å². The second-order valence-electron chi connectivity index (χ2n) is 5.65. The lowest BCUT2D eigenvalue weighted by molar-refractivity contribution is 0.0848. The molecule has 1 saturated heterocycles. The zero-order valence-corrected chi connectivity index (χ0v) is 14.1. The number of aryl methyl sites for hydroxylation is 1. The van der Waals surface area contributed by atoms with Gasteiger partial charge in [-0.15, -0.1) is 0 Å². The molecule has 0 radical (unpaired) electrons. The summed E-state index contributed by atoms with van der Waals surface area (Å²) in [6.07, 6.45) is 2.07. The lowest BCUT2D eigenvalue weighted by Gasteiger charge is -2.10. The van der Waals surface area contributed by atoms with Gasteiger partial charge < -0.3 is 19.3 Å². The van der Waals surface area contributed by atoms with Gasteiger partial charge in [0.05, 0.1) is 11.7 Å². The Hall–Kier alpha value is -2.05. The maximum absolute atomic E-state index is 12.3. The van der Waals surface area contributed by atoms with Gasteiger partial charge in [-0.1, -0.05) is 16.8 Å². The Morgan fingerprint density at radius 1 is 1.42 bits per heavy atom. The fraction of sp³-hybridized carbons (Fsp3) is 0.412. The molecule has 6 nitrogen and oxygen atoms in total. The quantitative estimate of drug-likeness (QED) is 0.866. The first kappa shape index (κ1) is 16.8. The van der Waals surface area contributed by atoms with Crippen molar-refractivity contribution in [2.75, 3.05) is 13.2 Å². The number of carbonyl (C=O) groups is 1. The van der Waals surface area contributed by atoms with Crippen molar-refractivity contribution in [1.82, 2.24) is 10.5 Å². The highest BCUT2D eigenvalue weighted by molar-refractivity contribution is 6.30. The summed E-state index contributed by atoms with van der Waals surface area (Å²) in [7, 11) is 0. The zero-order valence-electron chi connectivity index (χ0n) is 13.4. The lowest BCUT2D eigenvalue weighted by Crippen LogP contribution is -2.32. The van der Waals surface area contributed by atoms with Crippen LogP contribution in [0.4, 0.5) is 0 Å². The second kappa shape index (κ2) is 7.68. The van der Waals surface area contributed by atoms with Crippen LogP contribution in [0.5, 0.6) is 5.75 Å². The van der Waals surface area contributed by atoms with E-state index in [0.29, 0.717) is 28.6 Å². The van der Waals surface area contributed by atoms with E-state index in [1.165, 1.54) is 0 Å². The van der Waals surface area contributed by atoms with E-state index >= 15 is 0 Å². The Balaban J connectivity index is 1.61. The minimum atomic E-state index is -0.281. The van der Waals surface area contributed by atoms with Gasteiger partial charge in [0, 0.05) is 18.2 Å². The molecular weight excluding hydrogens is 332 g/mol. The van der Waals surface area contributed by atoms with Crippen molar-refractivity contribution in [3.8, 4) is 5.75 Å². The summed E-state index contributed by atoms with van der Waals surface area (Å²) in [6, 6.07) is 7.02. The monoisotopic (exact) mass is 350 g/mol. The molecule has 1 unspecified atom stereocenters. The Morgan fingerprint density at radius 2 is 2.21 bits per heavy atom. The fourth-order valence-electron chi connectivity index (χ4n) is 2.52. The van der Waals surface area contributed by atoms with Gasteiger partial charge in [-0.25, -0.2) is 0 Å². The molecular formula is C17H19ClN2O4. The summed E-state index contributed by atoms with van der Waals surface area (Å²) in [6.45, 7) is 3.18. The summed E-state index contributed by atoms with van der Waals surface area (Å²) >= 11 is 5.85. The summed E-state index contributed by atoms with van der Waals surface area (Å²) < 4.78 is 16.3. The highest BCUT2D eigenvalue weighted by Gasteiger charge is 2.22. The van der Waals surface area contributed by atoms with Crippen LogP contribution in [0.25, 0.3) is 0 Å². The molecule has 24 heavy (non-hydrogen) atoms. The van der Waals surface area contributed by atoms with Crippen molar-refractivity contribution in [2.45, 2.75) is 32.5 Å². The van der Waals surface area contributed by atoms with Crippen LogP contribution in [0.3, 0.4) is 0 Å². The van der Waals surface area contributed by atoms with E-state index in [1.807, 2.05) is 0 Å². The molecule has 0 spiro atoms. The molecule has 2 heterocycles. The zero-order chi connectivity index (χ0) is 16.9. The average Bonchev–Trinajstić information content (AvgIpc) is 3.22. The molecule has 128 valence electrons. The van der Waals surface area contributed by atoms with Crippen LogP contribution in [0, 0.1) is 6.92 Å². The van der Waals surface area contributed by atoms with Crippen molar-refractivity contribution >= 4 is 17.5 Å². The number of nitrogens with one attached hydrogen (secondary N) is 1. The molecule has 2 aromatic rings. The van der Waals surface area contributed by atoms with Gasteiger partial charge in [0.2, 0.25) is 0 Å². The van der Waals surface area contributed by atoms with E-state index in [1.54, 1.807) is 31.2 Å². The van der Waals surface area contributed by atoms with Crippen LogP contribution in [0.1, 0.15) is 34.7 Å². The second-order valence-corrected chi connectivity index (χ2v) is 6.09. The normalized spacial score (nSPS) is 17.0. The van der Waals surface area contributed by atoms with Crippen LogP contribution in [0.15, 0.2) is 28.8 Å². The third kappa shape index (κ3) is 4.07. The van der Waals surface area contributed by atoms with Gasteiger partial charge in [-0.2, -0.15) is 0 Å². The predicted octanol–water partition coefficient (Wildman–Crippen LogP) is 3.12. The third-order valence-electron chi connectivity index (χ3n) is 3.91. The first-order valence-electron chi connectivity index (χ1n) is 7.87. The van der Waals surface area contributed by atoms with Crippen LogP contribution in [0.2, 0.25) is 5.02 Å². The SMILES string of the molecule is Cc1onc(C(=O)NCC2CCCO2)c1COc1ccc(Cl)cc1. The van der Waals surface area contributed by atoms with Crippen LogP contribution in [-0.2, 0) is 11.3 Å². The molecule has 1 aliphatic rings. The minimum absolute atomic E-state index is 0.0794. The Bertz CT molecular complexity index is 693. The maximum atomic E-state index is 12.3. The van der Waals surface area contributed by atoms with E-state index in [2.05, 4.69) is 10.5 Å². The van der Waals surface area contributed by atoms with Gasteiger partial charge in [-0.05, 0) is 44.0 Å². The number of ether oxygens (including phenoxy) is 2. The number of rotatable bonds is 6. The van der Waals surface area contributed by atoms with Gasteiger partial charge in [0.25, 0.3) is 5.91 Å². The number of carbonyl (C=O) groups excluding carboxylic acids is 1. The Morgan fingerprint density at radius 3 is 2.92 bits per heavy atom. The highest BCUT2D eigenvalue weighted by Crippen LogP contribution is 2.20. The highest BCUT2D eigenvalue weighted by atomic mass is 35.5. The lowest BCUT2D eigenvalue weighted by atomic mass is 10.2. The molecule has 0 saturated carbocycles. The van der Waals surface area contributed by atoms with Crippen LogP contribution < -0.4 is 10.1 Å². The average molecular weight is 351 g/mol. The van der Waals surface area contributed by atoms with Crippen LogP contribution >= 0.6 is 11.6 Å². The van der Waals surface area contributed by atoms with Crippen molar-refractivity contribution < 1.29 is 18.8 Å². The largest absolute Gasteiger partial charge is 0.489 e. The van der Waals surface area contributed by atoms with E-state index in [9.17, 15) is 4.79 Å². The van der Waals surface area contributed by atoms with E-state index in [-0.39, 0.29) is 24.3 Å². The number of aromatic nitrogens is 1. The molecule has 1 aromatic carbocycles. The molecule has 0 bridgehead atoms. The molecule has 1 atom stereocenters. The number of hydrogen-bond donors (Lipinski definition) is 1. The van der Waals surface area contributed by atoms with Gasteiger partial charge >= 0.3 is 0 Å². The van der Waals surface area contributed by atoms with Crippen molar-refractivity contribution in [2.24, 2.45) is 0 Å².